The average molecular weight is 256 g/mol. The van der Waals surface area contributed by atoms with Crippen LogP contribution in [0.2, 0.25) is 0 Å². The van der Waals surface area contributed by atoms with Gasteiger partial charge in [-0.2, -0.15) is 0 Å². The van der Waals surface area contributed by atoms with Crippen molar-refractivity contribution in [3.63, 3.8) is 0 Å². The largest absolute Gasteiger partial charge is 1.00 e. The van der Waals surface area contributed by atoms with Gasteiger partial charge in [-0.3, -0.25) is 0 Å². The van der Waals surface area contributed by atoms with Gasteiger partial charge in [0, 0.05) is 6.54 Å². The minimum Gasteiger partial charge on any atom is -0.412 e. The molecule has 0 saturated heterocycles. The number of thiocarbonyl (C=S) groups is 1. The summed E-state index contributed by atoms with van der Waals surface area (Å²) in [5.41, 5.74) is 0. The predicted octanol–water partition coefficient (Wildman–Crippen LogP) is 1.21. The van der Waals surface area contributed by atoms with Crippen LogP contribution in [-0.2, 0) is 35.0 Å². The number of hydrogen-bond acceptors (Lipinski definition) is 2. The Bertz CT molecular complexity index is 77.4. The van der Waals surface area contributed by atoms with E-state index in [0.717, 1.165) is 13.0 Å². The van der Waals surface area contributed by atoms with Crippen molar-refractivity contribution in [3.8, 4) is 0 Å². The minimum absolute atomic E-state index is 0. The Kier molecular flexibility index (Phi) is 12.3. The van der Waals surface area contributed by atoms with Crippen LogP contribution in [0.1, 0.15) is 19.8 Å². The Labute approximate surface area is 82.9 Å². The zero-order chi connectivity index (χ0) is 6.41. The molecule has 0 aromatic carbocycles. The molecule has 0 aromatic heterocycles. The average Bonchev–Trinajstić information content (AvgIpc) is 1.66. The number of nitrogens with one attached hydrogen (secondary N) is 1. The SMILES string of the molecule is CCCCNC(=S)[S-].[Ag+]. The molecule has 0 heterocycles. The summed E-state index contributed by atoms with van der Waals surface area (Å²) >= 11 is 9.23. The van der Waals surface area contributed by atoms with Gasteiger partial charge in [0.05, 0.1) is 0 Å². The number of unbranched alkanes of at least 4 members (excludes halogenated alkanes) is 1. The van der Waals surface area contributed by atoms with Crippen molar-refractivity contribution >= 4 is 29.2 Å². The molecule has 4 heteroatoms. The molecule has 0 fully saturated rings. The molecule has 1 nitrogen and oxygen atoms in total. The van der Waals surface area contributed by atoms with E-state index >= 15 is 0 Å². The van der Waals surface area contributed by atoms with Crippen molar-refractivity contribution in [2.24, 2.45) is 0 Å². The molecule has 0 amide bonds. The summed E-state index contributed by atoms with van der Waals surface area (Å²) in [6.07, 6.45) is 2.34. The summed E-state index contributed by atoms with van der Waals surface area (Å²) in [5, 5.41) is 2.89. The van der Waals surface area contributed by atoms with E-state index in [1.54, 1.807) is 0 Å². The zero-order valence-electron chi connectivity index (χ0n) is 5.24. The maximum atomic E-state index is 4.61. The van der Waals surface area contributed by atoms with Gasteiger partial charge < -0.3 is 30.2 Å². The third-order valence-corrected chi connectivity index (χ3v) is 1.09. The van der Waals surface area contributed by atoms with Crippen LogP contribution >= 0.6 is 12.2 Å². The van der Waals surface area contributed by atoms with Crippen molar-refractivity contribution < 1.29 is 22.4 Å². The molecule has 0 saturated carbocycles. The van der Waals surface area contributed by atoms with E-state index in [0.29, 0.717) is 4.32 Å². The number of hydrogen-bond donors (Lipinski definition) is 1. The first-order chi connectivity index (χ1) is 3.77. The first-order valence-electron chi connectivity index (χ1n) is 2.72. The molecule has 0 aliphatic carbocycles. The second-order valence-electron chi connectivity index (χ2n) is 1.57. The summed E-state index contributed by atoms with van der Waals surface area (Å²) in [5.74, 6) is 0. The summed E-state index contributed by atoms with van der Waals surface area (Å²) in [7, 11) is 0. The fourth-order valence-electron chi connectivity index (χ4n) is 0.367. The molecular weight excluding hydrogens is 246 g/mol. The predicted molar refractivity (Wildman–Crippen MR) is 42.9 cm³/mol. The molecule has 1 N–H and O–H groups in total. The summed E-state index contributed by atoms with van der Waals surface area (Å²) in [6, 6.07) is 0. The van der Waals surface area contributed by atoms with Gasteiger partial charge in [-0.25, -0.2) is 0 Å². The van der Waals surface area contributed by atoms with Gasteiger partial charge in [-0.05, 0) is 6.42 Å². The molecule has 0 aliphatic rings. The maximum absolute atomic E-state index is 4.61. The standard InChI is InChI=1S/C5H11NS2.Ag/c1-2-3-4-6-5(7)8;/h2-4H2,1H3,(H2,6,7,8);/q;+1/p-1. The van der Waals surface area contributed by atoms with E-state index in [1.165, 1.54) is 6.42 Å². The fourth-order valence-corrected chi connectivity index (χ4v) is 0.571. The van der Waals surface area contributed by atoms with Crippen LogP contribution in [-0.4, -0.2) is 10.9 Å². The van der Waals surface area contributed by atoms with Crippen molar-refractivity contribution in [2.45, 2.75) is 19.8 Å². The van der Waals surface area contributed by atoms with Crippen molar-refractivity contribution in [1.29, 1.82) is 0 Å². The van der Waals surface area contributed by atoms with Crippen molar-refractivity contribution in [2.75, 3.05) is 6.54 Å². The van der Waals surface area contributed by atoms with Gasteiger partial charge in [0.25, 0.3) is 0 Å². The van der Waals surface area contributed by atoms with Gasteiger partial charge in [0.15, 0.2) is 0 Å². The summed E-state index contributed by atoms with van der Waals surface area (Å²) in [4.78, 5) is 0. The summed E-state index contributed by atoms with van der Waals surface area (Å²) in [6.45, 7) is 3.06. The smallest absolute Gasteiger partial charge is 0.412 e. The Morgan fingerprint density at radius 3 is 2.56 bits per heavy atom. The molecule has 0 rings (SSSR count). The third-order valence-electron chi connectivity index (χ3n) is 0.800. The molecule has 58 valence electrons. The quantitative estimate of drug-likeness (QED) is 0.353. The van der Waals surface area contributed by atoms with Gasteiger partial charge in [0.1, 0.15) is 0 Å². The molecule has 0 radical (unpaired) electrons. The molecule has 0 aromatic rings. The molecule has 9 heavy (non-hydrogen) atoms. The minimum atomic E-state index is 0. The molecule has 0 aliphatic heterocycles. The monoisotopic (exact) mass is 255 g/mol. The van der Waals surface area contributed by atoms with Gasteiger partial charge in [-0.15, -0.1) is 0 Å². The van der Waals surface area contributed by atoms with Crippen molar-refractivity contribution in [1.82, 2.24) is 5.32 Å². The van der Waals surface area contributed by atoms with Gasteiger partial charge >= 0.3 is 22.4 Å². The molecule has 0 spiro atoms. The van der Waals surface area contributed by atoms with E-state index in [1.807, 2.05) is 0 Å². The van der Waals surface area contributed by atoms with Crippen LogP contribution in [0.3, 0.4) is 0 Å². The van der Waals surface area contributed by atoms with Gasteiger partial charge in [0.2, 0.25) is 0 Å². The van der Waals surface area contributed by atoms with Crippen LogP contribution in [0.5, 0.6) is 0 Å². The van der Waals surface area contributed by atoms with Crippen LogP contribution in [0, 0.1) is 0 Å². The fraction of sp³-hybridized carbons (Fsp3) is 0.800. The van der Waals surface area contributed by atoms with E-state index in [4.69, 9.17) is 0 Å². The Hall–Kier alpha value is 0.850. The Morgan fingerprint density at radius 2 is 2.22 bits per heavy atom. The second kappa shape index (κ2) is 8.85. The topological polar surface area (TPSA) is 12.0 Å². The third kappa shape index (κ3) is 12.1. The first-order valence-corrected chi connectivity index (χ1v) is 3.54. The second-order valence-corrected chi connectivity index (χ2v) is 2.64. The molecule has 0 unspecified atom stereocenters. The number of rotatable bonds is 3. The maximum Gasteiger partial charge on any atom is 1.00 e. The van der Waals surface area contributed by atoms with Gasteiger partial charge in [-0.1, -0.05) is 17.7 Å². The molecule has 0 atom stereocenters. The summed E-state index contributed by atoms with van der Waals surface area (Å²) < 4.78 is 0.485. The Balaban J connectivity index is 0. The van der Waals surface area contributed by atoms with Crippen LogP contribution in [0.4, 0.5) is 0 Å². The van der Waals surface area contributed by atoms with E-state index < -0.39 is 0 Å². The first kappa shape index (κ1) is 12.5. The van der Waals surface area contributed by atoms with Crippen LogP contribution < -0.4 is 5.32 Å². The molecular formula is C5H10AgNS2. The van der Waals surface area contributed by atoms with E-state index in [9.17, 15) is 0 Å². The van der Waals surface area contributed by atoms with Crippen LogP contribution in [0.25, 0.3) is 0 Å². The zero-order valence-corrected chi connectivity index (χ0v) is 8.35. The molecule has 0 bridgehead atoms. The van der Waals surface area contributed by atoms with E-state index in [-0.39, 0.29) is 22.4 Å². The Morgan fingerprint density at radius 1 is 1.67 bits per heavy atom. The van der Waals surface area contributed by atoms with E-state index in [2.05, 4.69) is 37.1 Å². The van der Waals surface area contributed by atoms with Crippen LogP contribution in [0.15, 0.2) is 0 Å². The van der Waals surface area contributed by atoms with Crippen molar-refractivity contribution in [3.05, 3.63) is 0 Å². The normalized spacial score (nSPS) is 7.67.